The highest BCUT2D eigenvalue weighted by Gasteiger charge is 2.28. The predicted molar refractivity (Wildman–Crippen MR) is 85.0 cm³/mol. The Bertz CT molecular complexity index is 455. The van der Waals surface area contributed by atoms with Crippen LogP contribution in [-0.2, 0) is 4.74 Å². The van der Waals surface area contributed by atoms with Gasteiger partial charge in [-0.25, -0.2) is 0 Å². The second-order valence-corrected chi connectivity index (χ2v) is 6.95. The molecule has 0 amide bonds. The van der Waals surface area contributed by atoms with Crippen molar-refractivity contribution in [2.45, 2.75) is 52.2 Å². The second-order valence-electron chi connectivity index (χ2n) is 6.04. The van der Waals surface area contributed by atoms with Gasteiger partial charge in [0.15, 0.2) is 5.78 Å². The van der Waals surface area contributed by atoms with Crippen LogP contribution in [0, 0.1) is 11.8 Å². The van der Waals surface area contributed by atoms with Crippen LogP contribution in [0.4, 0.5) is 0 Å². The van der Waals surface area contributed by atoms with E-state index in [0.717, 1.165) is 28.8 Å². The summed E-state index contributed by atoms with van der Waals surface area (Å²) in [5.41, 5.74) is 0.720. The third kappa shape index (κ3) is 3.92. The predicted octanol–water partition coefficient (Wildman–Crippen LogP) is 4.86. The third-order valence-electron chi connectivity index (χ3n) is 4.44. The molecule has 1 aromatic rings. The summed E-state index contributed by atoms with van der Waals surface area (Å²) in [7, 11) is 0. The molecule has 0 saturated heterocycles. The normalized spacial score (nSPS) is 28.1. The highest BCUT2D eigenvalue weighted by atomic mass is 79.9. The number of carbonyl (C=O) groups excluding carboxylic acids is 1. The molecule has 0 heterocycles. The number of hydrogen-bond donors (Lipinski definition) is 0. The monoisotopic (exact) mass is 338 g/mol. The van der Waals surface area contributed by atoms with Gasteiger partial charge in [0, 0.05) is 10.0 Å². The lowest BCUT2D eigenvalue weighted by atomic mass is 9.80. The van der Waals surface area contributed by atoms with Crippen LogP contribution in [0.25, 0.3) is 0 Å². The van der Waals surface area contributed by atoms with E-state index in [-0.39, 0.29) is 18.0 Å². The Hall–Kier alpha value is -0.670. The highest BCUT2D eigenvalue weighted by Crippen LogP contribution is 2.31. The van der Waals surface area contributed by atoms with Gasteiger partial charge in [-0.1, -0.05) is 41.9 Å². The summed E-state index contributed by atoms with van der Waals surface area (Å²) < 4.78 is 6.98. The van der Waals surface area contributed by atoms with Crippen LogP contribution in [0.5, 0.6) is 0 Å². The van der Waals surface area contributed by atoms with Crippen molar-refractivity contribution in [3.05, 3.63) is 34.3 Å². The van der Waals surface area contributed by atoms with Crippen molar-refractivity contribution in [2.24, 2.45) is 11.8 Å². The van der Waals surface area contributed by atoms with Gasteiger partial charge >= 0.3 is 0 Å². The van der Waals surface area contributed by atoms with Crippen LogP contribution >= 0.6 is 15.9 Å². The van der Waals surface area contributed by atoms with Gasteiger partial charge in [0.25, 0.3) is 0 Å². The van der Waals surface area contributed by atoms with Crippen molar-refractivity contribution in [3.8, 4) is 0 Å². The van der Waals surface area contributed by atoms with Gasteiger partial charge in [0.05, 0.1) is 6.10 Å². The van der Waals surface area contributed by atoms with E-state index in [9.17, 15) is 4.79 Å². The Balaban J connectivity index is 1.93. The van der Waals surface area contributed by atoms with Crippen LogP contribution in [0.1, 0.15) is 50.4 Å². The minimum absolute atomic E-state index is 0.0729. The van der Waals surface area contributed by atoms with Crippen molar-refractivity contribution >= 4 is 21.7 Å². The van der Waals surface area contributed by atoms with Crippen LogP contribution in [0.3, 0.4) is 0 Å². The minimum atomic E-state index is -0.359. The van der Waals surface area contributed by atoms with E-state index in [4.69, 9.17) is 4.74 Å². The quantitative estimate of drug-likeness (QED) is 0.732. The lowest BCUT2D eigenvalue weighted by Crippen LogP contribution is -2.32. The Morgan fingerprint density at radius 2 is 1.85 bits per heavy atom. The van der Waals surface area contributed by atoms with E-state index >= 15 is 0 Å². The summed E-state index contributed by atoms with van der Waals surface area (Å²) in [5, 5.41) is 0. The van der Waals surface area contributed by atoms with E-state index < -0.39 is 0 Å². The standard InChI is InChI=1S/C17H23BrO2/c1-11-4-9-16(10-12(11)2)20-13(3)17(19)14-5-7-15(18)8-6-14/h5-8,11-13,16H,4,9-10H2,1-3H3. The van der Waals surface area contributed by atoms with Gasteiger partial charge in [-0.2, -0.15) is 0 Å². The molecular weight excluding hydrogens is 316 g/mol. The van der Waals surface area contributed by atoms with E-state index in [1.807, 2.05) is 31.2 Å². The van der Waals surface area contributed by atoms with Crippen LogP contribution in [0.2, 0.25) is 0 Å². The van der Waals surface area contributed by atoms with Crippen molar-refractivity contribution in [1.82, 2.24) is 0 Å². The largest absolute Gasteiger partial charge is 0.367 e. The van der Waals surface area contributed by atoms with Gasteiger partial charge in [0.1, 0.15) is 6.10 Å². The first-order valence-electron chi connectivity index (χ1n) is 7.42. The van der Waals surface area contributed by atoms with E-state index in [1.165, 1.54) is 6.42 Å². The molecule has 1 saturated carbocycles. The van der Waals surface area contributed by atoms with Gasteiger partial charge < -0.3 is 4.74 Å². The minimum Gasteiger partial charge on any atom is -0.367 e. The highest BCUT2D eigenvalue weighted by molar-refractivity contribution is 9.10. The number of rotatable bonds is 4. The smallest absolute Gasteiger partial charge is 0.191 e. The fourth-order valence-electron chi connectivity index (χ4n) is 2.82. The maximum absolute atomic E-state index is 12.3. The van der Waals surface area contributed by atoms with E-state index in [2.05, 4.69) is 29.8 Å². The number of ether oxygens (including phenoxy) is 1. The maximum Gasteiger partial charge on any atom is 0.191 e. The molecule has 0 radical (unpaired) electrons. The van der Waals surface area contributed by atoms with Crippen LogP contribution in [0.15, 0.2) is 28.7 Å². The Labute approximate surface area is 130 Å². The fraction of sp³-hybridized carbons (Fsp3) is 0.588. The summed E-state index contributed by atoms with van der Waals surface area (Å²) in [6.07, 6.45) is 3.21. The molecule has 110 valence electrons. The molecule has 0 bridgehead atoms. The van der Waals surface area contributed by atoms with Crippen molar-refractivity contribution in [2.75, 3.05) is 0 Å². The number of carbonyl (C=O) groups is 1. The zero-order valence-electron chi connectivity index (χ0n) is 12.4. The number of Topliss-reactive ketones (excluding diaryl/α,β-unsaturated/α-hetero) is 1. The topological polar surface area (TPSA) is 26.3 Å². The van der Waals surface area contributed by atoms with Gasteiger partial charge in [-0.15, -0.1) is 0 Å². The van der Waals surface area contributed by atoms with Crippen molar-refractivity contribution in [3.63, 3.8) is 0 Å². The maximum atomic E-state index is 12.3. The molecular formula is C17H23BrO2. The van der Waals surface area contributed by atoms with Crippen LogP contribution in [-0.4, -0.2) is 18.0 Å². The lowest BCUT2D eigenvalue weighted by molar-refractivity contribution is -0.0287. The molecule has 4 unspecified atom stereocenters. The lowest BCUT2D eigenvalue weighted by Gasteiger charge is -2.33. The summed E-state index contributed by atoms with van der Waals surface area (Å²) in [4.78, 5) is 12.3. The molecule has 20 heavy (non-hydrogen) atoms. The fourth-order valence-corrected chi connectivity index (χ4v) is 3.09. The average molecular weight is 339 g/mol. The molecule has 1 aromatic carbocycles. The van der Waals surface area contributed by atoms with Crippen molar-refractivity contribution in [1.29, 1.82) is 0 Å². The number of ketones is 1. The van der Waals surface area contributed by atoms with Crippen molar-refractivity contribution < 1.29 is 9.53 Å². The molecule has 1 aliphatic rings. The molecule has 0 aliphatic heterocycles. The van der Waals surface area contributed by atoms with E-state index in [0.29, 0.717) is 5.92 Å². The summed E-state index contributed by atoms with van der Waals surface area (Å²) in [6, 6.07) is 7.48. The summed E-state index contributed by atoms with van der Waals surface area (Å²) in [6.45, 7) is 6.45. The Morgan fingerprint density at radius 1 is 1.20 bits per heavy atom. The van der Waals surface area contributed by atoms with Gasteiger partial charge in [-0.3, -0.25) is 4.79 Å². The third-order valence-corrected chi connectivity index (χ3v) is 4.97. The zero-order valence-corrected chi connectivity index (χ0v) is 14.0. The van der Waals surface area contributed by atoms with E-state index in [1.54, 1.807) is 0 Å². The number of hydrogen-bond acceptors (Lipinski definition) is 2. The molecule has 0 aromatic heterocycles. The Kier molecular flexibility index (Phi) is 5.39. The first-order valence-corrected chi connectivity index (χ1v) is 8.22. The zero-order chi connectivity index (χ0) is 14.7. The first-order chi connectivity index (χ1) is 9.47. The molecule has 1 aliphatic carbocycles. The molecule has 4 atom stereocenters. The summed E-state index contributed by atoms with van der Waals surface area (Å²) in [5.74, 6) is 1.53. The summed E-state index contributed by atoms with van der Waals surface area (Å²) >= 11 is 3.38. The number of halogens is 1. The molecule has 0 spiro atoms. The number of benzene rings is 1. The molecule has 1 fully saturated rings. The first kappa shape index (κ1) is 15.7. The molecule has 0 N–H and O–H groups in total. The molecule has 2 nitrogen and oxygen atoms in total. The van der Waals surface area contributed by atoms with Crippen LogP contribution < -0.4 is 0 Å². The SMILES string of the molecule is CC(OC1CCC(C)C(C)C1)C(=O)c1ccc(Br)cc1. The molecule has 2 rings (SSSR count). The van der Waals surface area contributed by atoms with Gasteiger partial charge in [0.2, 0.25) is 0 Å². The average Bonchev–Trinajstić information content (AvgIpc) is 2.43. The second kappa shape index (κ2) is 6.86. The van der Waals surface area contributed by atoms with Gasteiger partial charge in [-0.05, 0) is 50.2 Å². The Morgan fingerprint density at radius 3 is 2.45 bits per heavy atom. The molecule has 3 heteroatoms.